The van der Waals surface area contributed by atoms with Crippen molar-refractivity contribution in [2.45, 2.75) is 32.4 Å². The van der Waals surface area contributed by atoms with Gasteiger partial charge in [0.2, 0.25) is 11.8 Å². The van der Waals surface area contributed by atoms with Gasteiger partial charge in [-0.2, -0.15) is 0 Å². The third kappa shape index (κ3) is 7.09. The Balaban J connectivity index is 1.93. The van der Waals surface area contributed by atoms with Crippen molar-refractivity contribution in [3.8, 4) is 11.5 Å². The van der Waals surface area contributed by atoms with E-state index in [2.05, 4.69) is 21.2 Å². The summed E-state index contributed by atoms with van der Waals surface area (Å²) < 4.78 is 11.8. The third-order valence-corrected chi connectivity index (χ3v) is 5.07. The van der Waals surface area contributed by atoms with Gasteiger partial charge in [0.15, 0.2) is 0 Å². The summed E-state index contributed by atoms with van der Waals surface area (Å²) >= 11 is 3.41. The minimum absolute atomic E-state index is 0.0812. The Hall–Kier alpha value is -2.54. The zero-order valence-corrected chi connectivity index (χ0v) is 18.6. The van der Waals surface area contributed by atoms with E-state index in [1.165, 1.54) is 0 Å². The molecule has 0 saturated carbocycles. The van der Waals surface area contributed by atoms with Crippen LogP contribution in [0, 0.1) is 0 Å². The first kappa shape index (κ1) is 22.7. The SMILES string of the molecule is CNC(=O)C(C)N(Cc1ccc(Br)cc1)C(=O)CCCOc1ccc(OC)cc1. The average Bonchev–Trinajstić information content (AvgIpc) is 2.75. The minimum Gasteiger partial charge on any atom is -0.497 e. The number of hydrogen-bond acceptors (Lipinski definition) is 4. The van der Waals surface area contributed by atoms with Crippen LogP contribution in [0.4, 0.5) is 0 Å². The molecule has 29 heavy (non-hydrogen) atoms. The maximum atomic E-state index is 12.8. The smallest absolute Gasteiger partial charge is 0.242 e. The molecule has 0 saturated heterocycles. The molecule has 0 bridgehead atoms. The van der Waals surface area contributed by atoms with Crippen LogP contribution < -0.4 is 14.8 Å². The highest BCUT2D eigenvalue weighted by molar-refractivity contribution is 9.10. The van der Waals surface area contributed by atoms with Gasteiger partial charge in [0.05, 0.1) is 13.7 Å². The molecule has 1 atom stereocenters. The van der Waals surface area contributed by atoms with E-state index in [1.54, 1.807) is 26.0 Å². The van der Waals surface area contributed by atoms with E-state index in [4.69, 9.17) is 9.47 Å². The standard InChI is InChI=1S/C22H27BrN2O4/c1-16(22(27)24-2)25(15-17-6-8-18(23)9-7-17)21(26)5-4-14-29-20-12-10-19(28-3)11-13-20/h6-13,16H,4-5,14-15H2,1-3H3,(H,24,27). The number of hydrogen-bond donors (Lipinski definition) is 1. The minimum atomic E-state index is -0.557. The fourth-order valence-electron chi connectivity index (χ4n) is 2.81. The fourth-order valence-corrected chi connectivity index (χ4v) is 3.07. The lowest BCUT2D eigenvalue weighted by molar-refractivity contribution is -0.140. The molecule has 2 aromatic carbocycles. The predicted octanol–water partition coefficient (Wildman–Crippen LogP) is 3.78. The number of nitrogens with one attached hydrogen (secondary N) is 1. The van der Waals surface area contributed by atoms with Crippen LogP contribution in [0.25, 0.3) is 0 Å². The highest BCUT2D eigenvalue weighted by atomic mass is 79.9. The van der Waals surface area contributed by atoms with Gasteiger partial charge >= 0.3 is 0 Å². The topological polar surface area (TPSA) is 67.9 Å². The highest BCUT2D eigenvalue weighted by Gasteiger charge is 2.25. The molecule has 0 fully saturated rings. The van der Waals surface area contributed by atoms with E-state index in [0.717, 1.165) is 21.5 Å². The first-order valence-corrected chi connectivity index (χ1v) is 10.3. The van der Waals surface area contributed by atoms with Gasteiger partial charge < -0.3 is 19.7 Å². The molecular formula is C22H27BrN2O4. The Morgan fingerprint density at radius 2 is 1.69 bits per heavy atom. The molecule has 156 valence electrons. The second-order valence-electron chi connectivity index (χ2n) is 6.57. The zero-order chi connectivity index (χ0) is 21.2. The van der Waals surface area contributed by atoms with Crippen LogP contribution in [0.5, 0.6) is 11.5 Å². The number of nitrogens with zero attached hydrogens (tertiary/aromatic N) is 1. The van der Waals surface area contributed by atoms with Crippen molar-refractivity contribution in [3.05, 3.63) is 58.6 Å². The van der Waals surface area contributed by atoms with Gasteiger partial charge in [0, 0.05) is 24.5 Å². The van der Waals surface area contributed by atoms with Crippen molar-refractivity contribution in [1.82, 2.24) is 10.2 Å². The molecule has 0 aliphatic rings. The van der Waals surface area contributed by atoms with E-state index >= 15 is 0 Å². The molecule has 1 N–H and O–H groups in total. The van der Waals surface area contributed by atoms with Crippen molar-refractivity contribution < 1.29 is 19.1 Å². The molecule has 6 nitrogen and oxygen atoms in total. The molecule has 2 amide bonds. The number of methoxy groups -OCH3 is 1. The summed E-state index contributed by atoms with van der Waals surface area (Å²) in [6, 6.07) is 14.5. The Morgan fingerprint density at radius 3 is 2.28 bits per heavy atom. The van der Waals surface area contributed by atoms with Crippen LogP contribution >= 0.6 is 15.9 Å². The van der Waals surface area contributed by atoms with Gasteiger partial charge in [0.25, 0.3) is 0 Å². The number of carbonyl (C=O) groups excluding carboxylic acids is 2. The summed E-state index contributed by atoms with van der Waals surface area (Å²) in [6.07, 6.45) is 0.857. The van der Waals surface area contributed by atoms with Crippen LogP contribution in [0.15, 0.2) is 53.0 Å². The number of rotatable bonds is 10. The molecule has 1 unspecified atom stereocenters. The van der Waals surface area contributed by atoms with Crippen molar-refractivity contribution in [1.29, 1.82) is 0 Å². The molecule has 2 rings (SSSR count). The maximum absolute atomic E-state index is 12.8. The van der Waals surface area contributed by atoms with Gasteiger partial charge in [-0.3, -0.25) is 9.59 Å². The lowest BCUT2D eigenvalue weighted by atomic mass is 10.1. The van der Waals surface area contributed by atoms with Crippen molar-refractivity contribution in [2.24, 2.45) is 0 Å². The number of benzene rings is 2. The molecule has 0 spiro atoms. The quantitative estimate of drug-likeness (QED) is 0.545. The van der Waals surface area contributed by atoms with E-state index in [-0.39, 0.29) is 11.8 Å². The number of amides is 2. The Labute approximate surface area is 180 Å². The maximum Gasteiger partial charge on any atom is 0.242 e. The first-order chi connectivity index (χ1) is 13.9. The van der Waals surface area contributed by atoms with Gasteiger partial charge in [-0.25, -0.2) is 0 Å². The molecule has 2 aromatic rings. The van der Waals surface area contributed by atoms with Crippen LogP contribution in [0.3, 0.4) is 0 Å². The summed E-state index contributed by atoms with van der Waals surface area (Å²) in [5, 5.41) is 2.62. The number of carbonyl (C=O) groups is 2. The van der Waals surface area contributed by atoms with Gasteiger partial charge in [-0.05, 0) is 55.3 Å². The van der Waals surface area contributed by atoms with Gasteiger partial charge in [-0.15, -0.1) is 0 Å². The van der Waals surface area contributed by atoms with Gasteiger partial charge in [0.1, 0.15) is 17.5 Å². The second-order valence-corrected chi connectivity index (χ2v) is 7.48. The first-order valence-electron chi connectivity index (χ1n) is 9.47. The largest absolute Gasteiger partial charge is 0.497 e. The predicted molar refractivity (Wildman–Crippen MR) is 116 cm³/mol. The van der Waals surface area contributed by atoms with Crippen molar-refractivity contribution >= 4 is 27.7 Å². The average molecular weight is 463 g/mol. The van der Waals surface area contributed by atoms with E-state index in [9.17, 15) is 9.59 Å². The summed E-state index contributed by atoms with van der Waals surface area (Å²) in [4.78, 5) is 26.6. The monoisotopic (exact) mass is 462 g/mol. The number of likely N-dealkylation sites (N-methyl/N-ethyl adjacent to an activating group) is 1. The summed E-state index contributed by atoms with van der Waals surface area (Å²) in [7, 11) is 3.19. The molecule has 0 heterocycles. The lowest BCUT2D eigenvalue weighted by Gasteiger charge is -2.28. The lowest BCUT2D eigenvalue weighted by Crippen LogP contribution is -2.46. The Morgan fingerprint density at radius 1 is 1.07 bits per heavy atom. The van der Waals surface area contributed by atoms with Crippen LogP contribution in [-0.2, 0) is 16.1 Å². The number of ether oxygens (including phenoxy) is 2. The van der Waals surface area contributed by atoms with Crippen molar-refractivity contribution in [2.75, 3.05) is 20.8 Å². The van der Waals surface area contributed by atoms with E-state index < -0.39 is 6.04 Å². The molecule has 7 heteroatoms. The fraction of sp³-hybridized carbons (Fsp3) is 0.364. The van der Waals surface area contributed by atoms with Crippen LogP contribution in [-0.4, -0.2) is 43.5 Å². The van der Waals surface area contributed by atoms with Crippen LogP contribution in [0.1, 0.15) is 25.3 Å². The normalized spacial score (nSPS) is 11.4. The summed E-state index contributed by atoms with van der Waals surface area (Å²) in [5.74, 6) is 1.22. The molecule has 0 radical (unpaired) electrons. The molecule has 0 aromatic heterocycles. The molecule has 0 aliphatic heterocycles. The Kier molecular flexibility index (Phi) is 8.99. The second kappa shape index (κ2) is 11.5. The molecule has 0 aliphatic carbocycles. The van der Waals surface area contributed by atoms with Crippen LogP contribution in [0.2, 0.25) is 0 Å². The highest BCUT2D eigenvalue weighted by Crippen LogP contribution is 2.18. The molecular weight excluding hydrogens is 436 g/mol. The number of halogens is 1. The zero-order valence-electron chi connectivity index (χ0n) is 17.0. The summed E-state index contributed by atoms with van der Waals surface area (Å²) in [6.45, 7) is 2.53. The third-order valence-electron chi connectivity index (χ3n) is 4.54. The van der Waals surface area contributed by atoms with Gasteiger partial charge in [-0.1, -0.05) is 28.1 Å². The Bertz CT molecular complexity index is 793. The van der Waals surface area contributed by atoms with Crippen molar-refractivity contribution in [3.63, 3.8) is 0 Å². The van der Waals surface area contributed by atoms with E-state index in [1.807, 2.05) is 48.5 Å². The summed E-state index contributed by atoms with van der Waals surface area (Å²) in [5.41, 5.74) is 0.965. The van der Waals surface area contributed by atoms with E-state index in [0.29, 0.717) is 26.0 Å².